The fourth-order valence-electron chi connectivity index (χ4n) is 0.365. The number of unbranched alkanes of at least 4 members (excludes halogenated alkanes) is 1. The molecule has 0 bridgehead atoms. The molecule has 0 spiro atoms. The summed E-state index contributed by atoms with van der Waals surface area (Å²) >= 11 is 0. The van der Waals surface area contributed by atoms with E-state index < -0.39 is 0 Å². The highest BCUT2D eigenvalue weighted by Crippen LogP contribution is 1.90. The summed E-state index contributed by atoms with van der Waals surface area (Å²) < 4.78 is 0. The van der Waals surface area contributed by atoms with Crippen molar-refractivity contribution < 1.29 is 15.3 Å². The van der Waals surface area contributed by atoms with E-state index in [0.717, 1.165) is 12.8 Å². The van der Waals surface area contributed by atoms with Crippen LogP contribution in [-0.2, 0) is 0 Å². The Kier molecular flexibility index (Phi) is 15.6. The molecule has 0 saturated carbocycles. The predicted molar refractivity (Wildman–Crippen MR) is 49.9 cm³/mol. The summed E-state index contributed by atoms with van der Waals surface area (Å²) in [6, 6.07) is 0. The van der Waals surface area contributed by atoms with E-state index in [4.69, 9.17) is 15.3 Å². The van der Waals surface area contributed by atoms with Crippen molar-refractivity contribution in [1.29, 1.82) is 0 Å². The SMILES string of the molecule is C=CC(CO)CO.CCCCO. The van der Waals surface area contributed by atoms with Crippen molar-refractivity contribution in [3.8, 4) is 0 Å². The monoisotopic (exact) mass is 176 g/mol. The standard InChI is InChI=1S/C5H10O2.C4H10O/c1-2-5(3-6)4-7;1-2-3-4-5/h2,5-7H,1,3-4H2;5H,2-4H2,1H3. The van der Waals surface area contributed by atoms with Gasteiger partial charge in [0.05, 0.1) is 13.2 Å². The summed E-state index contributed by atoms with van der Waals surface area (Å²) in [6.45, 7) is 5.75. The molecule has 0 aliphatic heterocycles. The topological polar surface area (TPSA) is 60.7 Å². The highest BCUT2D eigenvalue weighted by atomic mass is 16.3. The van der Waals surface area contributed by atoms with Crippen molar-refractivity contribution in [1.82, 2.24) is 0 Å². The second-order valence-corrected chi connectivity index (χ2v) is 2.44. The molecule has 3 nitrogen and oxygen atoms in total. The zero-order chi connectivity index (χ0) is 9.82. The largest absolute Gasteiger partial charge is 0.396 e. The molecule has 3 N–H and O–H groups in total. The Morgan fingerprint density at radius 1 is 1.25 bits per heavy atom. The van der Waals surface area contributed by atoms with Gasteiger partial charge in [-0.05, 0) is 6.42 Å². The van der Waals surface area contributed by atoms with Gasteiger partial charge >= 0.3 is 0 Å². The molecule has 74 valence electrons. The van der Waals surface area contributed by atoms with E-state index in [1.807, 2.05) is 0 Å². The van der Waals surface area contributed by atoms with Crippen LogP contribution >= 0.6 is 0 Å². The maximum absolute atomic E-state index is 8.29. The van der Waals surface area contributed by atoms with Crippen LogP contribution < -0.4 is 0 Å². The quantitative estimate of drug-likeness (QED) is 0.536. The minimum absolute atomic E-state index is 0.0139. The van der Waals surface area contributed by atoms with Gasteiger partial charge < -0.3 is 15.3 Å². The molecule has 0 amide bonds. The first-order valence-electron chi connectivity index (χ1n) is 4.21. The van der Waals surface area contributed by atoms with Crippen molar-refractivity contribution >= 4 is 0 Å². The van der Waals surface area contributed by atoms with Crippen molar-refractivity contribution in [3.63, 3.8) is 0 Å². The second kappa shape index (κ2) is 13.2. The lowest BCUT2D eigenvalue weighted by Crippen LogP contribution is -2.06. The van der Waals surface area contributed by atoms with Gasteiger partial charge in [-0.3, -0.25) is 0 Å². The second-order valence-electron chi connectivity index (χ2n) is 2.44. The molecule has 0 rings (SSSR count). The lowest BCUT2D eigenvalue weighted by Gasteiger charge is -1.99. The van der Waals surface area contributed by atoms with Crippen LogP contribution in [0.4, 0.5) is 0 Å². The summed E-state index contributed by atoms with van der Waals surface area (Å²) in [5, 5.41) is 24.7. The van der Waals surface area contributed by atoms with Crippen LogP contribution in [0.3, 0.4) is 0 Å². The van der Waals surface area contributed by atoms with E-state index in [-0.39, 0.29) is 19.1 Å². The number of aliphatic hydroxyl groups is 3. The Morgan fingerprint density at radius 2 is 1.75 bits per heavy atom. The molecule has 0 aromatic carbocycles. The minimum atomic E-state index is -0.139. The van der Waals surface area contributed by atoms with E-state index in [1.165, 1.54) is 6.08 Å². The van der Waals surface area contributed by atoms with Gasteiger partial charge in [-0.15, -0.1) is 6.58 Å². The first-order chi connectivity index (χ1) is 5.76. The lowest BCUT2D eigenvalue weighted by molar-refractivity contribution is 0.178. The molecule has 0 saturated heterocycles. The molecule has 0 aromatic heterocycles. The summed E-state index contributed by atoms with van der Waals surface area (Å²) in [5.74, 6) is -0.139. The minimum Gasteiger partial charge on any atom is -0.396 e. The van der Waals surface area contributed by atoms with Crippen LogP contribution in [0.5, 0.6) is 0 Å². The van der Waals surface area contributed by atoms with Crippen LogP contribution in [0.2, 0.25) is 0 Å². The molecule has 0 unspecified atom stereocenters. The maximum atomic E-state index is 8.29. The maximum Gasteiger partial charge on any atom is 0.0515 e. The van der Waals surface area contributed by atoms with E-state index in [1.54, 1.807) is 0 Å². The fourth-order valence-corrected chi connectivity index (χ4v) is 0.365. The van der Waals surface area contributed by atoms with Gasteiger partial charge in [0.25, 0.3) is 0 Å². The third-order valence-corrected chi connectivity index (χ3v) is 1.31. The number of rotatable bonds is 5. The third kappa shape index (κ3) is 12.3. The van der Waals surface area contributed by atoms with Crippen molar-refractivity contribution in [2.24, 2.45) is 5.92 Å². The predicted octanol–water partition coefficient (Wildman–Crippen LogP) is 0.552. The van der Waals surface area contributed by atoms with Gasteiger partial charge in [0, 0.05) is 12.5 Å². The molecular formula is C9H20O3. The first-order valence-corrected chi connectivity index (χ1v) is 4.21. The van der Waals surface area contributed by atoms with E-state index in [9.17, 15) is 0 Å². The average Bonchev–Trinajstić information content (AvgIpc) is 2.10. The smallest absolute Gasteiger partial charge is 0.0515 e. The molecule has 0 heterocycles. The Hall–Kier alpha value is -0.380. The van der Waals surface area contributed by atoms with Crippen LogP contribution in [0, 0.1) is 5.92 Å². The summed E-state index contributed by atoms with van der Waals surface area (Å²) in [6.07, 6.45) is 3.57. The molecule has 0 aliphatic rings. The van der Waals surface area contributed by atoms with Crippen LogP contribution in [-0.4, -0.2) is 35.1 Å². The van der Waals surface area contributed by atoms with Gasteiger partial charge in [0.15, 0.2) is 0 Å². The van der Waals surface area contributed by atoms with Gasteiger partial charge in [-0.1, -0.05) is 19.4 Å². The van der Waals surface area contributed by atoms with Gasteiger partial charge in [-0.2, -0.15) is 0 Å². The van der Waals surface area contributed by atoms with Gasteiger partial charge in [-0.25, -0.2) is 0 Å². The fraction of sp³-hybridized carbons (Fsp3) is 0.778. The average molecular weight is 176 g/mol. The van der Waals surface area contributed by atoms with Crippen molar-refractivity contribution in [3.05, 3.63) is 12.7 Å². The van der Waals surface area contributed by atoms with E-state index in [0.29, 0.717) is 6.61 Å². The zero-order valence-corrected chi connectivity index (χ0v) is 7.74. The molecular weight excluding hydrogens is 156 g/mol. The first kappa shape index (κ1) is 14.2. The number of aliphatic hydroxyl groups excluding tert-OH is 3. The van der Waals surface area contributed by atoms with Gasteiger partial charge in [0.1, 0.15) is 0 Å². The van der Waals surface area contributed by atoms with Crippen molar-refractivity contribution in [2.75, 3.05) is 19.8 Å². The van der Waals surface area contributed by atoms with Crippen molar-refractivity contribution in [2.45, 2.75) is 19.8 Å². The molecule has 0 fully saturated rings. The highest BCUT2D eigenvalue weighted by Gasteiger charge is 1.95. The lowest BCUT2D eigenvalue weighted by atomic mass is 10.2. The van der Waals surface area contributed by atoms with Crippen LogP contribution in [0.15, 0.2) is 12.7 Å². The van der Waals surface area contributed by atoms with Crippen LogP contribution in [0.1, 0.15) is 19.8 Å². The van der Waals surface area contributed by atoms with Crippen LogP contribution in [0.25, 0.3) is 0 Å². The number of hydrogen-bond acceptors (Lipinski definition) is 3. The molecule has 12 heavy (non-hydrogen) atoms. The zero-order valence-electron chi connectivity index (χ0n) is 7.74. The molecule has 0 aliphatic carbocycles. The number of hydrogen-bond donors (Lipinski definition) is 3. The molecule has 0 radical (unpaired) electrons. The third-order valence-electron chi connectivity index (χ3n) is 1.31. The summed E-state index contributed by atoms with van der Waals surface area (Å²) in [5.41, 5.74) is 0. The molecule has 0 atom stereocenters. The Bertz CT molecular complexity index is 77.8. The van der Waals surface area contributed by atoms with E-state index in [2.05, 4.69) is 13.5 Å². The Labute approximate surface area is 74.4 Å². The molecule has 0 aromatic rings. The highest BCUT2D eigenvalue weighted by molar-refractivity contribution is 4.76. The Balaban J connectivity index is 0. The summed E-state index contributed by atoms with van der Waals surface area (Å²) in [4.78, 5) is 0. The van der Waals surface area contributed by atoms with Gasteiger partial charge in [0.2, 0.25) is 0 Å². The van der Waals surface area contributed by atoms with E-state index >= 15 is 0 Å². The molecule has 3 heteroatoms. The summed E-state index contributed by atoms with van der Waals surface area (Å²) in [7, 11) is 0. The normalized spacial score (nSPS) is 9.08. The Morgan fingerprint density at radius 3 is 1.75 bits per heavy atom.